The van der Waals surface area contributed by atoms with Crippen LogP contribution in [0, 0.1) is 0 Å². The lowest BCUT2D eigenvalue weighted by Gasteiger charge is -2.09. The maximum Gasteiger partial charge on any atom is 0.368 e. The van der Waals surface area contributed by atoms with Gasteiger partial charge in [0.1, 0.15) is 5.71 Å². The minimum Gasteiger partial charge on any atom is -0.503 e. The highest BCUT2D eigenvalue weighted by molar-refractivity contribution is 6.33. The van der Waals surface area contributed by atoms with Gasteiger partial charge in [0.15, 0.2) is 11.5 Å². The lowest BCUT2D eigenvalue weighted by molar-refractivity contribution is -0.136. The van der Waals surface area contributed by atoms with E-state index >= 15 is 0 Å². The van der Waals surface area contributed by atoms with Gasteiger partial charge in [-0.25, -0.2) is 4.79 Å². The monoisotopic (exact) mass is 343 g/mol. The van der Waals surface area contributed by atoms with Crippen molar-refractivity contribution < 1.29 is 19.5 Å². The fourth-order valence-corrected chi connectivity index (χ4v) is 2.54. The summed E-state index contributed by atoms with van der Waals surface area (Å²) in [6.07, 6.45) is 1.61. The van der Waals surface area contributed by atoms with Crippen molar-refractivity contribution in [2.75, 3.05) is 6.61 Å². The van der Waals surface area contributed by atoms with Gasteiger partial charge in [0.05, 0.1) is 17.2 Å². The molecule has 0 saturated carbocycles. The molecule has 3 rings (SSSR count). The van der Waals surface area contributed by atoms with Gasteiger partial charge in [-0.2, -0.15) is 0 Å². The van der Waals surface area contributed by atoms with Crippen molar-refractivity contribution >= 4 is 29.4 Å². The van der Waals surface area contributed by atoms with E-state index in [1.165, 1.54) is 0 Å². The number of ether oxygens (including phenoxy) is 1. The summed E-state index contributed by atoms with van der Waals surface area (Å²) in [7, 11) is 0. The van der Waals surface area contributed by atoms with E-state index in [0.29, 0.717) is 23.5 Å². The Hall–Kier alpha value is -2.79. The molecule has 1 heterocycles. The second-order valence-electron chi connectivity index (χ2n) is 5.03. The van der Waals surface area contributed by atoms with Crippen LogP contribution in [-0.4, -0.2) is 23.4 Å². The Balaban J connectivity index is 2.03. The van der Waals surface area contributed by atoms with Crippen LogP contribution in [0.15, 0.2) is 53.2 Å². The molecule has 2 aromatic rings. The number of hydrogen-bond acceptors (Lipinski definition) is 5. The van der Waals surface area contributed by atoms with E-state index in [1.807, 2.05) is 30.3 Å². The van der Waals surface area contributed by atoms with Crippen LogP contribution >= 0.6 is 11.6 Å². The summed E-state index contributed by atoms with van der Waals surface area (Å²) >= 11 is 6.02. The van der Waals surface area contributed by atoms with Gasteiger partial charge >= 0.3 is 5.97 Å². The minimum absolute atomic E-state index is 0.133. The Morgan fingerprint density at radius 3 is 2.75 bits per heavy atom. The molecule has 0 atom stereocenters. The maximum atomic E-state index is 12.0. The van der Waals surface area contributed by atoms with Crippen LogP contribution in [0.2, 0.25) is 5.02 Å². The molecule has 0 aromatic heterocycles. The second-order valence-corrected chi connectivity index (χ2v) is 5.43. The maximum absolute atomic E-state index is 12.0. The van der Waals surface area contributed by atoms with Crippen molar-refractivity contribution in [3.8, 4) is 11.5 Å². The van der Waals surface area contributed by atoms with Crippen molar-refractivity contribution in [1.29, 1.82) is 0 Å². The predicted octanol–water partition coefficient (Wildman–Crippen LogP) is 3.79. The SMILES string of the molecule is CCOc1cc(/C=C2\C(=O)ON=C2c2ccccc2)cc(Cl)c1O. The number of carbonyl (C=O) groups excluding carboxylic acids is 1. The molecule has 0 saturated heterocycles. The first-order valence-corrected chi connectivity index (χ1v) is 7.70. The number of carbonyl (C=O) groups is 1. The molecule has 0 bridgehead atoms. The molecule has 1 N–H and O–H groups in total. The third-order valence-electron chi connectivity index (χ3n) is 3.40. The summed E-state index contributed by atoms with van der Waals surface area (Å²) in [5, 5.41) is 13.9. The van der Waals surface area contributed by atoms with Crippen LogP contribution in [0.1, 0.15) is 18.1 Å². The van der Waals surface area contributed by atoms with Gasteiger partial charge in [0.25, 0.3) is 0 Å². The fourth-order valence-electron chi connectivity index (χ4n) is 2.32. The zero-order valence-corrected chi connectivity index (χ0v) is 13.6. The lowest BCUT2D eigenvalue weighted by Crippen LogP contribution is -2.06. The number of nitrogens with zero attached hydrogens (tertiary/aromatic N) is 1. The van der Waals surface area contributed by atoms with E-state index in [-0.39, 0.29) is 16.5 Å². The highest BCUT2D eigenvalue weighted by Crippen LogP contribution is 2.36. The number of hydrogen-bond donors (Lipinski definition) is 1. The first kappa shape index (κ1) is 16.1. The highest BCUT2D eigenvalue weighted by Gasteiger charge is 2.26. The number of phenols is 1. The predicted molar refractivity (Wildman–Crippen MR) is 91.3 cm³/mol. The van der Waals surface area contributed by atoms with Crippen molar-refractivity contribution in [3.05, 3.63) is 64.2 Å². The molecule has 0 radical (unpaired) electrons. The largest absolute Gasteiger partial charge is 0.503 e. The topological polar surface area (TPSA) is 68.1 Å². The van der Waals surface area contributed by atoms with Gasteiger partial charge in [-0.15, -0.1) is 0 Å². The molecule has 0 spiro atoms. The van der Waals surface area contributed by atoms with Crippen LogP contribution < -0.4 is 4.74 Å². The first-order valence-electron chi connectivity index (χ1n) is 7.32. The number of benzene rings is 2. The smallest absolute Gasteiger partial charge is 0.368 e. The normalized spacial score (nSPS) is 15.3. The second kappa shape index (κ2) is 6.76. The summed E-state index contributed by atoms with van der Waals surface area (Å²) < 4.78 is 5.35. The lowest BCUT2D eigenvalue weighted by atomic mass is 10.0. The van der Waals surface area contributed by atoms with Gasteiger partial charge in [-0.3, -0.25) is 0 Å². The van der Waals surface area contributed by atoms with Crippen LogP contribution in [0.25, 0.3) is 6.08 Å². The number of oxime groups is 1. The first-order chi connectivity index (χ1) is 11.6. The highest BCUT2D eigenvalue weighted by atomic mass is 35.5. The van der Waals surface area contributed by atoms with Crippen LogP contribution in [-0.2, 0) is 9.63 Å². The van der Waals surface area contributed by atoms with Gasteiger partial charge in [0.2, 0.25) is 0 Å². The quantitative estimate of drug-likeness (QED) is 0.677. The average Bonchev–Trinajstić information content (AvgIpc) is 2.94. The summed E-state index contributed by atoms with van der Waals surface area (Å²) in [6, 6.07) is 12.4. The number of phenolic OH excluding ortho intramolecular Hbond substituents is 1. The zero-order chi connectivity index (χ0) is 17.1. The molecule has 1 aliphatic rings. The average molecular weight is 344 g/mol. The third kappa shape index (κ3) is 3.12. The van der Waals surface area contributed by atoms with Crippen LogP contribution in [0.5, 0.6) is 11.5 Å². The van der Waals surface area contributed by atoms with Gasteiger partial charge in [-0.1, -0.05) is 47.1 Å². The number of halogens is 1. The molecule has 0 amide bonds. The van der Waals surface area contributed by atoms with E-state index in [2.05, 4.69) is 5.16 Å². The van der Waals surface area contributed by atoms with Crippen molar-refractivity contribution in [2.24, 2.45) is 5.16 Å². The zero-order valence-electron chi connectivity index (χ0n) is 12.8. The Morgan fingerprint density at radius 1 is 1.29 bits per heavy atom. The number of aromatic hydroxyl groups is 1. The summed E-state index contributed by atoms with van der Waals surface area (Å²) in [4.78, 5) is 16.8. The molecule has 122 valence electrons. The van der Waals surface area contributed by atoms with E-state index < -0.39 is 5.97 Å². The Morgan fingerprint density at radius 2 is 2.04 bits per heavy atom. The minimum atomic E-state index is -0.545. The van der Waals surface area contributed by atoms with Crippen molar-refractivity contribution in [1.82, 2.24) is 0 Å². The van der Waals surface area contributed by atoms with Crippen molar-refractivity contribution in [2.45, 2.75) is 6.92 Å². The molecule has 5 nitrogen and oxygen atoms in total. The van der Waals surface area contributed by atoms with E-state index in [1.54, 1.807) is 25.1 Å². The summed E-state index contributed by atoms with van der Waals surface area (Å²) in [6.45, 7) is 2.18. The standard InChI is InChI=1S/C18H14ClNO4/c1-2-23-15-10-11(9-14(19)17(15)21)8-13-16(20-24-18(13)22)12-6-4-3-5-7-12/h3-10,21H,2H2,1H3/b13-8-. The molecule has 0 fully saturated rings. The molecular weight excluding hydrogens is 330 g/mol. The summed E-state index contributed by atoms with van der Waals surface area (Å²) in [5.41, 5.74) is 2.12. The number of rotatable bonds is 4. The Labute approximate surface area is 143 Å². The van der Waals surface area contributed by atoms with Crippen LogP contribution in [0.4, 0.5) is 0 Å². The summed E-state index contributed by atoms with van der Waals surface area (Å²) in [5.74, 6) is -0.427. The third-order valence-corrected chi connectivity index (χ3v) is 3.69. The van der Waals surface area contributed by atoms with E-state index in [0.717, 1.165) is 5.56 Å². The van der Waals surface area contributed by atoms with E-state index in [9.17, 15) is 9.90 Å². The molecule has 24 heavy (non-hydrogen) atoms. The van der Waals surface area contributed by atoms with Gasteiger partial charge in [0, 0.05) is 5.56 Å². The fraction of sp³-hybridized carbons (Fsp3) is 0.111. The molecule has 1 aliphatic heterocycles. The van der Waals surface area contributed by atoms with Crippen molar-refractivity contribution in [3.63, 3.8) is 0 Å². The van der Waals surface area contributed by atoms with E-state index in [4.69, 9.17) is 21.2 Å². The Bertz CT molecular complexity index is 844. The Kier molecular flexibility index (Phi) is 4.53. The molecule has 6 heteroatoms. The molecule has 2 aromatic carbocycles. The van der Waals surface area contributed by atoms with Crippen LogP contribution in [0.3, 0.4) is 0 Å². The molecule has 0 aliphatic carbocycles. The van der Waals surface area contributed by atoms with Gasteiger partial charge < -0.3 is 14.7 Å². The van der Waals surface area contributed by atoms with Gasteiger partial charge in [-0.05, 0) is 30.7 Å². The molecule has 0 unspecified atom stereocenters. The molecular formula is C18H14ClNO4.